The summed E-state index contributed by atoms with van der Waals surface area (Å²) in [5.41, 5.74) is 2.20. The highest BCUT2D eigenvalue weighted by Gasteiger charge is 2.35. The van der Waals surface area contributed by atoms with E-state index in [0.717, 1.165) is 35.5 Å². The molecule has 2 heterocycles. The molecule has 0 saturated carbocycles. The lowest BCUT2D eigenvalue weighted by molar-refractivity contribution is 0.214. The molecule has 0 bridgehead atoms. The van der Waals surface area contributed by atoms with Crippen LogP contribution in [0.5, 0.6) is 0 Å². The molecule has 5 nitrogen and oxygen atoms in total. The van der Waals surface area contributed by atoms with E-state index in [2.05, 4.69) is 29.5 Å². The SMILES string of the molecule is Cc1cc2c(o1)CC(C)(C)C[C@@H]2NC(=O)NCc1cccnc1. The van der Waals surface area contributed by atoms with Gasteiger partial charge in [0.15, 0.2) is 0 Å². The number of carbonyl (C=O) groups is 1. The highest BCUT2D eigenvalue weighted by Crippen LogP contribution is 2.41. The first kappa shape index (κ1) is 15.6. The molecule has 1 atom stereocenters. The summed E-state index contributed by atoms with van der Waals surface area (Å²) in [7, 11) is 0. The van der Waals surface area contributed by atoms with Crippen molar-refractivity contribution in [2.45, 2.75) is 46.2 Å². The van der Waals surface area contributed by atoms with Crippen LogP contribution in [0.15, 0.2) is 35.0 Å². The largest absolute Gasteiger partial charge is 0.466 e. The topological polar surface area (TPSA) is 67.2 Å². The van der Waals surface area contributed by atoms with Gasteiger partial charge < -0.3 is 15.1 Å². The van der Waals surface area contributed by atoms with Crippen LogP contribution in [-0.2, 0) is 13.0 Å². The fourth-order valence-corrected chi connectivity index (χ4v) is 3.21. The first-order chi connectivity index (χ1) is 10.9. The van der Waals surface area contributed by atoms with Gasteiger partial charge in [-0.15, -0.1) is 0 Å². The summed E-state index contributed by atoms with van der Waals surface area (Å²) < 4.78 is 5.80. The van der Waals surface area contributed by atoms with Gasteiger partial charge in [0.1, 0.15) is 11.5 Å². The van der Waals surface area contributed by atoms with Crippen LogP contribution in [0.25, 0.3) is 0 Å². The molecule has 3 rings (SSSR count). The lowest BCUT2D eigenvalue weighted by Crippen LogP contribution is -2.41. The summed E-state index contributed by atoms with van der Waals surface area (Å²) in [6.07, 6.45) is 5.28. The Morgan fingerprint density at radius 3 is 3.04 bits per heavy atom. The zero-order valence-corrected chi connectivity index (χ0v) is 13.8. The van der Waals surface area contributed by atoms with E-state index >= 15 is 0 Å². The molecule has 2 amide bonds. The van der Waals surface area contributed by atoms with Crippen molar-refractivity contribution in [3.8, 4) is 0 Å². The fourth-order valence-electron chi connectivity index (χ4n) is 3.21. The van der Waals surface area contributed by atoms with Gasteiger partial charge in [-0.3, -0.25) is 4.98 Å². The molecule has 2 aromatic rings. The van der Waals surface area contributed by atoms with Crippen LogP contribution < -0.4 is 10.6 Å². The zero-order valence-electron chi connectivity index (χ0n) is 13.8. The van der Waals surface area contributed by atoms with Crippen molar-refractivity contribution in [2.24, 2.45) is 5.41 Å². The van der Waals surface area contributed by atoms with Gasteiger partial charge in [0.25, 0.3) is 0 Å². The van der Waals surface area contributed by atoms with E-state index in [1.807, 2.05) is 25.1 Å². The summed E-state index contributed by atoms with van der Waals surface area (Å²) >= 11 is 0. The minimum Gasteiger partial charge on any atom is -0.466 e. The summed E-state index contributed by atoms with van der Waals surface area (Å²) in [6, 6.07) is 5.66. The molecule has 0 aliphatic heterocycles. The van der Waals surface area contributed by atoms with Crippen molar-refractivity contribution in [3.63, 3.8) is 0 Å². The Kier molecular flexibility index (Phi) is 4.11. The van der Waals surface area contributed by atoms with Crippen LogP contribution in [0.1, 0.15) is 49.0 Å². The maximum absolute atomic E-state index is 12.2. The Bertz CT molecular complexity index is 692. The van der Waals surface area contributed by atoms with Crippen molar-refractivity contribution >= 4 is 6.03 Å². The molecule has 122 valence electrons. The Morgan fingerprint density at radius 1 is 1.48 bits per heavy atom. The third-order valence-electron chi connectivity index (χ3n) is 4.22. The first-order valence-electron chi connectivity index (χ1n) is 7.95. The second-order valence-electron chi connectivity index (χ2n) is 7.02. The van der Waals surface area contributed by atoms with Gasteiger partial charge in [-0.2, -0.15) is 0 Å². The zero-order chi connectivity index (χ0) is 16.4. The molecule has 1 aliphatic rings. The van der Waals surface area contributed by atoms with Gasteiger partial charge in [0.05, 0.1) is 6.04 Å². The monoisotopic (exact) mass is 313 g/mol. The number of nitrogens with zero attached hydrogens (tertiary/aromatic N) is 1. The number of carbonyl (C=O) groups excluding carboxylic acids is 1. The van der Waals surface area contributed by atoms with Gasteiger partial charge in [-0.05, 0) is 36.5 Å². The number of hydrogen-bond donors (Lipinski definition) is 2. The number of hydrogen-bond acceptors (Lipinski definition) is 3. The number of fused-ring (bicyclic) bond motifs is 1. The average Bonchev–Trinajstić information content (AvgIpc) is 2.85. The number of aryl methyl sites for hydroxylation is 1. The number of pyridine rings is 1. The maximum Gasteiger partial charge on any atom is 0.315 e. The van der Waals surface area contributed by atoms with E-state index in [4.69, 9.17) is 4.42 Å². The lowest BCUT2D eigenvalue weighted by Gasteiger charge is -2.34. The molecule has 0 unspecified atom stereocenters. The van der Waals surface area contributed by atoms with E-state index in [0.29, 0.717) is 6.54 Å². The second kappa shape index (κ2) is 6.07. The smallest absolute Gasteiger partial charge is 0.315 e. The molecule has 23 heavy (non-hydrogen) atoms. The van der Waals surface area contributed by atoms with Crippen molar-refractivity contribution in [3.05, 3.63) is 53.2 Å². The molecule has 2 N–H and O–H groups in total. The maximum atomic E-state index is 12.2. The molecule has 0 saturated heterocycles. The molecule has 1 aliphatic carbocycles. The fraction of sp³-hybridized carbons (Fsp3) is 0.444. The third kappa shape index (κ3) is 3.73. The molecule has 0 spiro atoms. The van der Waals surface area contributed by atoms with E-state index in [9.17, 15) is 4.79 Å². The standard InChI is InChI=1S/C18H23N3O2/c1-12-7-14-15(8-18(2,3)9-16(14)23-12)21-17(22)20-11-13-5-4-6-19-10-13/h4-7,10,15H,8-9,11H2,1-3H3,(H2,20,21,22)/t15-/m0/s1. The van der Waals surface area contributed by atoms with Crippen molar-refractivity contribution in [1.29, 1.82) is 0 Å². The minimum absolute atomic E-state index is 0.0138. The number of rotatable bonds is 3. The van der Waals surface area contributed by atoms with Crippen LogP contribution >= 0.6 is 0 Å². The Hall–Kier alpha value is -2.30. The first-order valence-corrected chi connectivity index (χ1v) is 7.95. The number of urea groups is 1. The predicted octanol–water partition coefficient (Wildman–Crippen LogP) is 3.50. The van der Waals surface area contributed by atoms with Gasteiger partial charge in [-0.1, -0.05) is 19.9 Å². The van der Waals surface area contributed by atoms with Gasteiger partial charge in [-0.25, -0.2) is 4.79 Å². The highest BCUT2D eigenvalue weighted by molar-refractivity contribution is 5.74. The van der Waals surface area contributed by atoms with E-state index in [1.165, 1.54) is 0 Å². The predicted molar refractivity (Wildman–Crippen MR) is 87.9 cm³/mol. The Balaban J connectivity index is 1.66. The summed E-state index contributed by atoms with van der Waals surface area (Å²) in [6.45, 7) is 6.82. The minimum atomic E-state index is -0.165. The summed E-state index contributed by atoms with van der Waals surface area (Å²) in [4.78, 5) is 16.3. The number of nitrogens with one attached hydrogen (secondary N) is 2. The van der Waals surface area contributed by atoms with E-state index in [-0.39, 0.29) is 17.5 Å². The van der Waals surface area contributed by atoms with Crippen molar-refractivity contribution < 1.29 is 9.21 Å². The molecule has 2 aromatic heterocycles. The third-order valence-corrected chi connectivity index (χ3v) is 4.22. The van der Waals surface area contributed by atoms with Crippen LogP contribution in [0.2, 0.25) is 0 Å². The Labute approximate surface area is 136 Å². The quantitative estimate of drug-likeness (QED) is 0.911. The van der Waals surface area contributed by atoms with Crippen LogP contribution in [0.4, 0.5) is 4.79 Å². The lowest BCUT2D eigenvalue weighted by atomic mass is 9.75. The molecule has 0 fully saturated rings. The summed E-state index contributed by atoms with van der Waals surface area (Å²) in [5, 5.41) is 5.97. The van der Waals surface area contributed by atoms with Crippen molar-refractivity contribution in [1.82, 2.24) is 15.6 Å². The van der Waals surface area contributed by atoms with Crippen molar-refractivity contribution in [2.75, 3.05) is 0 Å². The molecule has 0 radical (unpaired) electrons. The highest BCUT2D eigenvalue weighted by atomic mass is 16.3. The van der Waals surface area contributed by atoms with Gasteiger partial charge in [0, 0.05) is 30.9 Å². The average molecular weight is 313 g/mol. The Morgan fingerprint density at radius 2 is 2.30 bits per heavy atom. The van der Waals surface area contributed by atoms with Gasteiger partial charge in [0.2, 0.25) is 0 Å². The number of aromatic nitrogens is 1. The van der Waals surface area contributed by atoms with Crippen LogP contribution in [0.3, 0.4) is 0 Å². The number of furan rings is 1. The van der Waals surface area contributed by atoms with Crippen LogP contribution in [0, 0.1) is 12.3 Å². The molecule has 5 heteroatoms. The normalized spacial score (nSPS) is 19.0. The van der Waals surface area contributed by atoms with E-state index < -0.39 is 0 Å². The van der Waals surface area contributed by atoms with Gasteiger partial charge >= 0.3 is 6.03 Å². The van der Waals surface area contributed by atoms with E-state index in [1.54, 1.807) is 12.4 Å². The molecular formula is C18H23N3O2. The molecular weight excluding hydrogens is 290 g/mol. The van der Waals surface area contributed by atoms with Crippen LogP contribution in [-0.4, -0.2) is 11.0 Å². The second-order valence-corrected chi connectivity index (χ2v) is 7.02. The summed E-state index contributed by atoms with van der Waals surface area (Å²) in [5.74, 6) is 1.89. The molecule has 0 aromatic carbocycles. The number of amides is 2.